The molecule has 1 aromatic heterocycles. The third-order valence-corrected chi connectivity index (χ3v) is 2.45. The van der Waals surface area contributed by atoms with Crippen LogP contribution >= 0.6 is 0 Å². The number of H-pyrrole nitrogens is 1. The number of aromatic amines is 1. The van der Waals surface area contributed by atoms with E-state index in [1.807, 2.05) is 24.3 Å². The highest BCUT2D eigenvalue weighted by Gasteiger charge is 2.06. The number of imidazole rings is 1. The molecule has 1 aromatic carbocycles. The lowest BCUT2D eigenvalue weighted by Gasteiger charge is -2.04. The molecular weight excluding hydrogens is 192 g/mol. The molecule has 0 aliphatic rings. The number of rotatable bonds is 3. The quantitative estimate of drug-likeness (QED) is 0.790. The van der Waals surface area contributed by atoms with Crippen LogP contribution in [0.2, 0.25) is 0 Å². The van der Waals surface area contributed by atoms with E-state index >= 15 is 0 Å². The van der Waals surface area contributed by atoms with Crippen LogP contribution in [0.5, 0.6) is 0 Å². The number of aromatic nitrogens is 2. The van der Waals surface area contributed by atoms with E-state index in [0.717, 1.165) is 11.0 Å². The second-order valence-corrected chi connectivity index (χ2v) is 3.74. The summed E-state index contributed by atoms with van der Waals surface area (Å²) in [6.07, 6.45) is 0.201. The Morgan fingerprint density at radius 2 is 2.20 bits per heavy atom. The molecule has 2 N–H and O–H groups in total. The molecule has 1 atom stereocenters. The van der Waals surface area contributed by atoms with Crippen molar-refractivity contribution in [1.82, 2.24) is 9.55 Å². The minimum Gasteiger partial charge on any atom is -0.393 e. The number of aliphatic hydroxyl groups excluding tert-OH is 1. The molecule has 0 saturated heterocycles. The first-order chi connectivity index (χ1) is 7.18. The van der Waals surface area contributed by atoms with Crippen LogP contribution in [-0.2, 0) is 6.54 Å². The summed E-state index contributed by atoms with van der Waals surface area (Å²) in [4.78, 5) is 14.4. The Morgan fingerprint density at radius 1 is 1.47 bits per heavy atom. The van der Waals surface area contributed by atoms with Gasteiger partial charge in [-0.1, -0.05) is 12.1 Å². The number of nitrogens with zero attached hydrogens (tertiary/aromatic N) is 1. The van der Waals surface area contributed by atoms with Crippen LogP contribution in [0.15, 0.2) is 29.1 Å². The SMILES string of the molecule is CC(O)CCn1c(=O)[nH]c2ccccc21. The van der Waals surface area contributed by atoms with E-state index < -0.39 is 0 Å². The molecular formula is C11H14N2O2. The van der Waals surface area contributed by atoms with Crippen molar-refractivity contribution in [2.45, 2.75) is 26.0 Å². The molecule has 0 spiro atoms. The van der Waals surface area contributed by atoms with Gasteiger partial charge in [-0.2, -0.15) is 0 Å². The third-order valence-electron chi connectivity index (χ3n) is 2.45. The number of aryl methyl sites for hydroxylation is 1. The van der Waals surface area contributed by atoms with Crippen LogP contribution in [0.4, 0.5) is 0 Å². The normalized spacial score (nSPS) is 13.2. The summed E-state index contributed by atoms with van der Waals surface area (Å²) >= 11 is 0. The zero-order chi connectivity index (χ0) is 10.8. The summed E-state index contributed by atoms with van der Waals surface area (Å²) < 4.78 is 1.65. The largest absolute Gasteiger partial charge is 0.393 e. The summed E-state index contributed by atoms with van der Waals surface area (Å²) in [6, 6.07) is 7.55. The zero-order valence-corrected chi connectivity index (χ0v) is 8.60. The van der Waals surface area contributed by atoms with Gasteiger partial charge in [0.15, 0.2) is 0 Å². The Kier molecular flexibility index (Phi) is 2.60. The van der Waals surface area contributed by atoms with Crippen LogP contribution in [0.25, 0.3) is 11.0 Å². The fraction of sp³-hybridized carbons (Fsp3) is 0.364. The number of hydrogen-bond acceptors (Lipinski definition) is 2. The Hall–Kier alpha value is -1.55. The van der Waals surface area contributed by atoms with Crippen LogP contribution in [0, 0.1) is 0 Å². The standard InChI is InChI=1S/C11H14N2O2/c1-8(14)6-7-13-10-5-3-2-4-9(10)12-11(13)15/h2-5,8,14H,6-7H2,1H3,(H,12,15). The maximum Gasteiger partial charge on any atom is 0.326 e. The van der Waals surface area contributed by atoms with Gasteiger partial charge in [-0.05, 0) is 25.5 Å². The number of para-hydroxylation sites is 2. The summed E-state index contributed by atoms with van der Waals surface area (Å²) in [6.45, 7) is 2.26. The number of benzene rings is 1. The van der Waals surface area contributed by atoms with Crippen LogP contribution in [-0.4, -0.2) is 20.8 Å². The summed E-state index contributed by atoms with van der Waals surface area (Å²) in [7, 11) is 0. The molecule has 1 heterocycles. The first-order valence-corrected chi connectivity index (χ1v) is 5.04. The number of fused-ring (bicyclic) bond motifs is 1. The van der Waals surface area contributed by atoms with Gasteiger partial charge in [-0.25, -0.2) is 4.79 Å². The van der Waals surface area contributed by atoms with Gasteiger partial charge in [0.05, 0.1) is 17.1 Å². The Balaban J connectivity index is 2.41. The van der Waals surface area contributed by atoms with E-state index in [2.05, 4.69) is 4.98 Å². The molecule has 80 valence electrons. The van der Waals surface area contributed by atoms with Crippen molar-refractivity contribution in [1.29, 1.82) is 0 Å². The smallest absolute Gasteiger partial charge is 0.326 e. The van der Waals surface area contributed by atoms with Gasteiger partial charge in [0.2, 0.25) is 0 Å². The second kappa shape index (κ2) is 3.90. The Bertz CT molecular complexity index is 511. The first-order valence-electron chi connectivity index (χ1n) is 5.04. The summed E-state index contributed by atoms with van der Waals surface area (Å²) in [5.41, 5.74) is 1.62. The molecule has 0 aliphatic carbocycles. The van der Waals surface area contributed by atoms with Crippen molar-refractivity contribution in [2.75, 3.05) is 0 Å². The van der Waals surface area contributed by atoms with Crippen LogP contribution in [0.1, 0.15) is 13.3 Å². The molecule has 0 aliphatic heterocycles. The predicted octanol–water partition coefficient (Wildman–Crippen LogP) is 1.10. The zero-order valence-electron chi connectivity index (χ0n) is 8.60. The van der Waals surface area contributed by atoms with Gasteiger partial charge in [-0.15, -0.1) is 0 Å². The molecule has 2 aromatic rings. The fourth-order valence-electron chi connectivity index (χ4n) is 1.64. The predicted molar refractivity (Wildman–Crippen MR) is 58.9 cm³/mol. The third kappa shape index (κ3) is 1.94. The van der Waals surface area contributed by atoms with Gasteiger partial charge in [-0.3, -0.25) is 4.57 Å². The van der Waals surface area contributed by atoms with Crippen LogP contribution < -0.4 is 5.69 Å². The average molecular weight is 206 g/mol. The summed E-state index contributed by atoms with van der Waals surface area (Å²) in [5, 5.41) is 9.19. The Morgan fingerprint density at radius 3 is 2.93 bits per heavy atom. The van der Waals surface area contributed by atoms with Crippen molar-refractivity contribution in [2.24, 2.45) is 0 Å². The fourth-order valence-corrected chi connectivity index (χ4v) is 1.64. The Labute approximate surface area is 87.2 Å². The molecule has 0 fully saturated rings. The van der Waals surface area contributed by atoms with E-state index in [1.165, 1.54) is 0 Å². The number of aliphatic hydroxyl groups is 1. The van der Waals surface area contributed by atoms with Gasteiger partial charge in [0.25, 0.3) is 0 Å². The lowest BCUT2D eigenvalue weighted by atomic mass is 10.2. The van der Waals surface area contributed by atoms with E-state index in [1.54, 1.807) is 11.5 Å². The molecule has 4 heteroatoms. The molecule has 2 rings (SSSR count). The monoisotopic (exact) mass is 206 g/mol. The maximum absolute atomic E-state index is 11.6. The van der Waals surface area contributed by atoms with Gasteiger partial charge < -0.3 is 10.1 Å². The highest BCUT2D eigenvalue weighted by Crippen LogP contribution is 2.09. The van der Waals surface area contributed by atoms with Crippen molar-refractivity contribution >= 4 is 11.0 Å². The molecule has 0 amide bonds. The first kappa shape index (κ1) is 9.98. The van der Waals surface area contributed by atoms with E-state index in [-0.39, 0.29) is 11.8 Å². The van der Waals surface area contributed by atoms with Gasteiger partial charge >= 0.3 is 5.69 Å². The molecule has 4 nitrogen and oxygen atoms in total. The molecule has 0 radical (unpaired) electrons. The summed E-state index contributed by atoms with van der Waals surface area (Å²) in [5.74, 6) is 0. The van der Waals surface area contributed by atoms with E-state index in [9.17, 15) is 9.90 Å². The van der Waals surface area contributed by atoms with E-state index in [4.69, 9.17) is 0 Å². The lowest BCUT2D eigenvalue weighted by molar-refractivity contribution is 0.178. The molecule has 0 saturated carbocycles. The van der Waals surface area contributed by atoms with Gasteiger partial charge in [0, 0.05) is 6.54 Å². The second-order valence-electron chi connectivity index (χ2n) is 3.74. The van der Waals surface area contributed by atoms with Crippen molar-refractivity contribution < 1.29 is 5.11 Å². The highest BCUT2D eigenvalue weighted by molar-refractivity contribution is 5.74. The minimum atomic E-state index is -0.384. The lowest BCUT2D eigenvalue weighted by Crippen LogP contribution is -2.19. The molecule has 1 unspecified atom stereocenters. The molecule has 15 heavy (non-hydrogen) atoms. The van der Waals surface area contributed by atoms with Crippen molar-refractivity contribution in [3.63, 3.8) is 0 Å². The maximum atomic E-state index is 11.6. The van der Waals surface area contributed by atoms with Crippen LogP contribution in [0.3, 0.4) is 0 Å². The molecule has 0 bridgehead atoms. The minimum absolute atomic E-state index is 0.114. The average Bonchev–Trinajstić information content (AvgIpc) is 2.50. The number of hydrogen-bond donors (Lipinski definition) is 2. The van der Waals surface area contributed by atoms with Crippen molar-refractivity contribution in [3.05, 3.63) is 34.7 Å². The highest BCUT2D eigenvalue weighted by atomic mass is 16.3. The van der Waals surface area contributed by atoms with Gasteiger partial charge in [0.1, 0.15) is 0 Å². The van der Waals surface area contributed by atoms with Crippen molar-refractivity contribution in [3.8, 4) is 0 Å². The topological polar surface area (TPSA) is 58.0 Å². The number of nitrogens with one attached hydrogen (secondary N) is 1. The van der Waals surface area contributed by atoms with E-state index in [0.29, 0.717) is 13.0 Å².